The highest BCUT2D eigenvalue weighted by Crippen LogP contribution is 2.25. The summed E-state index contributed by atoms with van der Waals surface area (Å²) >= 11 is 0. The average Bonchev–Trinajstić information content (AvgIpc) is 2.27. The summed E-state index contributed by atoms with van der Waals surface area (Å²) in [6, 6.07) is 2.94. The lowest BCUT2D eigenvalue weighted by Gasteiger charge is -2.06. The number of methoxy groups -OCH3 is 1. The van der Waals surface area contributed by atoms with Gasteiger partial charge in [-0.25, -0.2) is 18.0 Å². The molecule has 0 aliphatic carbocycles. The Morgan fingerprint density at radius 3 is 2.56 bits per heavy atom. The van der Waals surface area contributed by atoms with Gasteiger partial charge in [0.25, 0.3) is 6.43 Å². The average molecular weight is 229 g/mol. The first-order chi connectivity index (χ1) is 7.51. The fourth-order valence-electron chi connectivity index (χ4n) is 1.12. The van der Waals surface area contributed by atoms with Crippen LogP contribution in [0.3, 0.4) is 0 Å². The molecule has 0 radical (unpaired) electrons. The van der Waals surface area contributed by atoms with Gasteiger partial charge in [-0.3, -0.25) is 0 Å². The summed E-state index contributed by atoms with van der Waals surface area (Å²) in [6.45, 7) is 0. The lowest BCUT2D eigenvalue weighted by molar-refractivity contribution is 0.0600. The van der Waals surface area contributed by atoms with E-state index in [0.29, 0.717) is 6.07 Å². The lowest BCUT2D eigenvalue weighted by atomic mass is 10.1. The second-order valence-electron chi connectivity index (χ2n) is 2.83. The molecule has 0 unspecified atom stereocenters. The topological polar surface area (TPSA) is 50.1 Å². The summed E-state index contributed by atoms with van der Waals surface area (Å²) < 4.78 is 42.3. The highest BCUT2D eigenvalue weighted by atomic mass is 19.3. The van der Waals surface area contributed by atoms with E-state index in [2.05, 4.69) is 4.74 Å². The van der Waals surface area contributed by atoms with Crippen molar-refractivity contribution in [2.75, 3.05) is 7.11 Å². The number of nitriles is 1. The zero-order chi connectivity index (χ0) is 12.3. The fraction of sp³-hybridized carbons (Fsp3) is 0.200. The second kappa shape index (κ2) is 4.66. The van der Waals surface area contributed by atoms with Crippen LogP contribution in [0, 0.1) is 17.1 Å². The number of halogens is 3. The first-order valence-corrected chi connectivity index (χ1v) is 4.11. The fourth-order valence-corrected chi connectivity index (χ4v) is 1.12. The van der Waals surface area contributed by atoms with E-state index in [4.69, 9.17) is 5.26 Å². The van der Waals surface area contributed by atoms with Crippen molar-refractivity contribution in [2.45, 2.75) is 6.43 Å². The number of benzene rings is 1. The van der Waals surface area contributed by atoms with Crippen molar-refractivity contribution in [1.29, 1.82) is 5.26 Å². The Bertz CT molecular complexity index is 466. The third kappa shape index (κ3) is 2.14. The molecule has 0 aromatic heterocycles. The minimum absolute atomic E-state index is 0.282. The van der Waals surface area contributed by atoms with E-state index >= 15 is 0 Å². The Labute approximate surface area is 89.1 Å². The SMILES string of the molecule is COC(=O)c1cc(C#N)c(F)c(C(F)F)c1. The molecule has 0 saturated heterocycles. The van der Waals surface area contributed by atoms with Crippen LogP contribution >= 0.6 is 0 Å². The van der Waals surface area contributed by atoms with Gasteiger partial charge < -0.3 is 4.74 Å². The Kier molecular flexibility index (Phi) is 3.51. The van der Waals surface area contributed by atoms with Crippen LogP contribution in [0.1, 0.15) is 27.9 Å². The van der Waals surface area contributed by atoms with Gasteiger partial charge in [-0.2, -0.15) is 5.26 Å². The molecule has 0 spiro atoms. The third-order valence-electron chi connectivity index (χ3n) is 1.88. The molecule has 0 N–H and O–H groups in total. The molecule has 0 heterocycles. The molecule has 0 saturated carbocycles. The minimum atomic E-state index is -3.10. The van der Waals surface area contributed by atoms with Crippen LogP contribution in [0.4, 0.5) is 13.2 Å². The maximum absolute atomic E-state index is 13.2. The number of nitrogens with zero attached hydrogens (tertiary/aromatic N) is 1. The highest BCUT2D eigenvalue weighted by molar-refractivity contribution is 5.90. The molecule has 1 rings (SSSR count). The maximum Gasteiger partial charge on any atom is 0.337 e. The van der Waals surface area contributed by atoms with Gasteiger partial charge in [-0.1, -0.05) is 0 Å². The van der Waals surface area contributed by atoms with Crippen LogP contribution in [-0.2, 0) is 4.74 Å². The molecule has 1 aromatic carbocycles. The number of esters is 1. The summed E-state index contributed by atoms with van der Waals surface area (Å²) in [5.41, 5.74) is -1.88. The molecular weight excluding hydrogens is 223 g/mol. The summed E-state index contributed by atoms with van der Waals surface area (Å²) in [4.78, 5) is 11.1. The monoisotopic (exact) mass is 229 g/mol. The predicted octanol–water partition coefficient (Wildman–Crippen LogP) is 2.42. The molecule has 0 bridgehead atoms. The molecule has 16 heavy (non-hydrogen) atoms. The van der Waals surface area contributed by atoms with Crippen molar-refractivity contribution in [3.05, 3.63) is 34.6 Å². The Morgan fingerprint density at radius 1 is 1.50 bits per heavy atom. The molecule has 0 aliphatic heterocycles. The summed E-state index contributed by atoms with van der Waals surface area (Å²) in [5.74, 6) is -2.22. The molecule has 0 aliphatic rings. The molecular formula is C10H6F3NO2. The number of ether oxygens (including phenoxy) is 1. The van der Waals surface area contributed by atoms with Crippen LogP contribution < -0.4 is 0 Å². The standard InChI is InChI=1S/C10H6F3NO2/c1-16-10(15)5-2-6(4-14)8(11)7(3-5)9(12)13/h2-3,9H,1H3. The van der Waals surface area contributed by atoms with Gasteiger partial charge in [-0.05, 0) is 12.1 Å². The highest BCUT2D eigenvalue weighted by Gasteiger charge is 2.20. The van der Waals surface area contributed by atoms with Crippen molar-refractivity contribution in [2.24, 2.45) is 0 Å². The molecule has 0 fully saturated rings. The number of hydrogen-bond acceptors (Lipinski definition) is 3. The van der Waals surface area contributed by atoms with E-state index in [9.17, 15) is 18.0 Å². The summed E-state index contributed by atoms with van der Waals surface area (Å²) in [5, 5.41) is 8.52. The minimum Gasteiger partial charge on any atom is -0.465 e. The van der Waals surface area contributed by atoms with E-state index in [1.165, 1.54) is 6.07 Å². The van der Waals surface area contributed by atoms with Crippen molar-refractivity contribution in [1.82, 2.24) is 0 Å². The van der Waals surface area contributed by atoms with Crippen LogP contribution in [0.2, 0.25) is 0 Å². The predicted molar refractivity (Wildman–Crippen MR) is 47.4 cm³/mol. The Balaban J connectivity index is 3.41. The van der Waals surface area contributed by atoms with Crippen molar-refractivity contribution in [3.63, 3.8) is 0 Å². The number of alkyl halides is 2. The molecule has 0 atom stereocenters. The largest absolute Gasteiger partial charge is 0.465 e. The third-order valence-corrected chi connectivity index (χ3v) is 1.88. The second-order valence-corrected chi connectivity index (χ2v) is 2.83. The van der Waals surface area contributed by atoms with Crippen molar-refractivity contribution < 1.29 is 22.7 Å². The van der Waals surface area contributed by atoms with Gasteiger partial charge in [0, 0.05) is 0 Å². The van der Waals surface area contributed by atoms with Crippen LogP contribution in [-0.4, -0.2) is 13.1 Å². The van der Waals surface area contributed by atoms with Gasteiger partial charge >= 0.3 is 5.97 Å². The zero-order valence-electron chi connectivity index (χ0n) is 8.13. The van der Waals surface area contributed by atoms with E-state index in [-0.39, 0.29) is 5.56 Å². The first kappa shape index (κ1) is 12.0. The normalized spacial score (nSPS) is 10.0. The van der Waals surface area contributed by atoms with Crippen molar-refractivity contribution >= 4 is 5.97 Å². The molecule has 6 heteroatoms. The van der Waals surface area contributed by atoms with E-state index in [0.717, 1.165) is 13.2 Å². The number of carbonyl (C=O) groups excluding carboxylic acids is 1. The molecule has 1 aromatic rings. The van der Waals surface area contributed by atoms with Gasteiger partial charge in [0.2, 0.25) is 0 Å². The Morgan fingerprint density at radius 2 is 2.12 bits per heavy atom. The van der Waals surface area contributed by atoms with Gasteiger partial charge in [0.1, 0.15) is 11.9 Å². The number of hydrogen-bond donors (Lipinski definition) is 0. The van der Waals surface area contributed by atoms with Gasteiger partial charge in [0.15, 0.2) is 0 Å². The smallest absolute Gasteiger partial charge is 0.337 e. The van der Waals surface area contributed by atoms with Gasteiger partial charge in [-0.15, -0.1) is 0 Å². The number of carbonyl (C=O) groups is 1. The summed E-state index contributed by atoms with van der Waals surface area (Å²) in [7, 11) is 1.06. The molecule has 0 amide bonds. The quantitative estimate of drug-likeness (QED) is 0.731. The molecule has 3 nitrogen and oxygen atoms in total. The van der Waals surface area contributed by atoms with Crippen LogP contribution in [0.15, 0.2) is 12.1 Å². The summed E-state index contributed by atoms with van der Waals surface area (Å²) in [6.07, 6.45) is -3.10. The lowest BCUT2D eigenvalue weighted by Crippen LogP contribution is -2.05. The van der Waals surface area contributed by atoms with E-state index in [1.807, 2.05) is 0 Å². The van der Waals surface area contributed by atoms with Crippen LogP contribution in [0.25, 0.3) is 0 Å². The Hall–Kier alpha value is -2.03. The molecule has 84 valence electrons. The van der Waals surface area contributed by atoms with Gasteiger partial charge in [0.05, 0.1) is 23.8 Å². The zero-order valence-corrected chi connectivity index (χ0v) is 8.13. The first-order valence-electron chi connectivity index (χ1n) is 4.11. The van der Waals surface area contributed by atoms with E-state index in [1.54, 1.807) is 0 Å². The van der Waals surface area contributed by atoms with Crippen LogP contribution in [0.5, 0.6) is 0 Å². The van der Waals surface area contributed by atoms with E-state index < -0.39 is 29.3 Å². The van der Waals surface area contributed by atoms with Crippen molar-refractivity contribution in [3.8, 4) is 6.07 Å². The number of rotatable bonds is 2. The maximum atomic E-state index is 13.2.